The molecule has 0 N–H and O–H groups in total. The molecule has 0 atom stereocenters. The lowest BCUT2D eigenvalue weighted by atomic mass is 10.2. The maximum Gasteiger partial charge on any atom is 0.205 e. The zero-order valence-corrected chi connectivity index (χ0v) is 10.6. The summed E-state index contributed by atoms with van der Waals surface area (Å²) in [6.45, 7) is 4.83. The van der Waals surface area contributed by atoms with E-state index in [-0.39, 0.29) is 11.6 Å². The van der Waals surface area contributed by atoms with Gasteiger partial charge in [-0.1, -0.05) is 6.92 Å². The lowest BCUT2D eigenvalue weighted by Crippen LogP contribution is -2.12. The van der Waals surface area contributed by atoms with E-state index in [2.05, 4.69) is 15.1 Å². The van der Waals surface area contributed by atoms with Crippen molar-refractivity contribution in [3.05, 3.63) is 41.7 Å². The van der Waals surface area contributed by atoms with E-state index in [0.29, 0.717) is 6.42 Å². The number of aryl methyl sites for hydroxylation is 2. The molecule has 5 nitrogen and oxygen atoms in total. The van der Waals surface area contributed by atoms with Crippen molar-refractivity contribution in [3.8, 4) is 0 Å². The monoisotopic (exact) mass is 244 g/mol. The SMILES string of the molecule is CCc1cc(CC(=O)c2ncccn2)n(CC)n1. The number of Topliss-reactive ketones (excluding diaryl/α,β-unsaturated/α-hetero) is 1. The first-order chi connectivity index (χ1) is 8.74. The summed E-state index contributed by atoms with van der Waals surface area (Å²) < 4.78 is 1.86. The van der Waals surface area contributed by atoms with E-state index >= 15 is 0 Å². The Balaban J connectivity index is 2.19. The van der Waals surface area contributed by atoms with Crippen LogP contribution in [0.15, 0.2) is 24.5 Å². The highest BCUT2D eigenvalue weighted by Crippen LogP contribution is 2.08. The number of rotatable bonds is 5. The minimum absolute atomic E-state index is 0.0761. The molecule has 0 spiro atoms. The Morgan fingerprint density at radius 2 is 2.00 bits per heavy atom. The third kappa shape index (κ3) is 2.61. The second-order valence-corrected chi connectivity index (χ2v) is 3.97. The molecule has 0 aromatic carbocycles. The quantitative estimate of drug-likeness (QED) is 0.751. The standard InChI is InChI=1S/C13H16N4O/c1-3-10-8-11(17(4-2)16-10)9-12(18)13-14-6-5-7-15-13/h5-8H,3-4,9H2,1-2H3. The molecule has 0 aliphatic carbocycles. The molecule has 0 aliphatic rings. The fourth-order valence-corrected chi connectivity index (χ4v) is 1.79. The first-order valence-corrected chi connectivity index (χ1v) is 6.10. The van der Waals surface area contributed by atoms with Crippen molar-refractivity contribution in [1.82, 2.24) is 19.7 Å². The molecular weight excluding hydrogens is 228 g/mol. The molecule has 0 saturated carbocycles. The van der Waals surface area contributed by atoms with E-state index in [9.17, 15) is 4.79 Å². The molecule has 2 rings (SSSR count). The van der Waals surface area contributed by atoms with Crippen molar-refractivity contribution in [2.75, 3.05) is 0 Å². The molecule has 18 heavy (non-hydrogen) atoms. The Kier molecular flexibility index (Phi) is 3.82. The van der Waals surface area contributed by atoms with Crippen LogP contribution in [0.1, 0.15) is 35.9 Å². The molecule has 2 aromatic rings. The highest BCUT2D eigenvalue weighted by atomic mass is 16.1. The molecule has 0 unspecified atom stereocenters. The van der Waals surface area contributed by atoms with Gasteiger partial charge in [0, 0.05) is 24.6 Å². The van der Waals surface area contributed by atoms with Crippen LogP contribution in [0, 0.1) is 0 Å². The van der Waals surface area contributed by atoms with Gasteiger partial charge in [-0.3, -0.25) is 9.48 Å². The minimum Gasteiger partial charge on any atom is -0.290 e. The molecule has 2 aromatic heterocycles. The normalized spacial score (nSPS) is 10.6. The summed E-state index contributed by atoms with van der Waals surface area (Å²) >= 11 is 0. The van der Waals surface area contributed by atoms with Crippen LogP contribution in [0.4, 0.5) is 0 Å². The number of nitrogens with zero attached hydrogens (tertiary/aromatic N) is 4. The van der Waals surface area contributed by atoms with Gasteiger partial charge >= 0.3 is 0 Å². The average molecular weight is 244 g/mol. The van der Waals surface area contributed by atoms with E-state index in [1.807, 2.05) is 24.6 Å². The van der Waals surface area contributed by atoms with Gasteiger partial charge in [-0.25, -0.2) is 9.97 Å². The molecule has 0 aliphatic heterocycles. The summed E-state index contributed by atoms with van der Waals surface area (Å²) in [6, 6.07) is 3.67. The topological polar surface area (TPSA) is 60.7 Å². The summed E-state index contributed by atoms with van der Waals surface area (Å²) in [5, 5.41) is 4.42. The third-order valence-electron chi connectivity index (χ3n) is 2.73. The average Bonchev–Trinajstić information content (AvgIpc) is 2.82. The van der Waals surface area contributed by atoms with Crippen molar-refractivity contribution in [2.24, 2.45) is 0 Å². The van der Waals surface area contributed by atoms with Crippen molar-refractivity contribution in [1.29, 1.82) is 0 Å². The van der Waals surface area contributed by atoms with E-state index < -0.39 is 0 Å². The zero-order chi connectivity index (χ0) is 13.0. The first kappa shape index (κ1) is 12.4. The van der Waals surface area contributed by atoms with Gasteiger partial charge in [-0.05, 0) is 25.5 Å². The molecule has 0 fully saturated rings. The molecular formula is C13H16N4O. The number of hydrogen-bond acceptors (Lipinski definition) is 4. The maximum absolute atomic E-state index is 12.0. The van der Waals surface area contributed by atoms with Crippen LogP contribution in [0.2, 0.25) is 0 Å². The third-order valence-corrected chi connectivity index (χ3v) is 2.73. The Labute approximate surface area is 106 Å². The zero-order valence-electron chi connectivity index (χ0n) is 10.6. The van der Waals surface area contributed by atoms with Gasteiger partial charge in [-0.2, -0.15) is 5.10 Å². The Hall–Kier alpha value is -2.04. The van der Waals surface area contributed by atoms with E-state index in [1.54, 1.807) is 18.5 Å². The van der Waals surface area contributed by atoms with Crippen LogP contribution < -0.4 is 0 Å². The van der Waals surface area contributed by atoms with Gasteiger partial charge in [0.15, 0.2) is 5.82 Å². The van der Waals surface area contributed by atoms with Crippen LogP contribution in [0.5, 0.6) is 0 Å². The minimum atomic E-state index is -0.0761. The largest absolute Gasteiger partial charge is 0.290 e. The van der Waals surface area contributed by atoms with E-state index in [4.69, 9.17) is 0 Å². The highest BCUT2D eigenvalue weighted by molar-refractivity contribution is 5.93. The van der Waals surface area contributed by atoms with Crippen LogP contribution >= 0.6 is 0 Å². The van der Waals surface area contributed by atoms with Gasteiger partial charge in [0.25, 0.3) is 0 Å². The Morgan fingerprint density at radius 1 is 1.28 bits per heavy atom. The Morgan fingerprint density at radius 3 is 2.61 bits per heavy atom. The fraction of sp³-hybridized carbons (Fsp3) is 0.385. The molecule has 94 valence electrons. The Bertz CT molecular complexity index is 533. The molecule has 0 amide bonds. The summed E-state index contributed by atoms with van der Waals surface area (Å²) in [4.78, 5) is 19.9. The summed E-state index contributed by atoms with van der Waals surface area (Å²) in [7, 11) is 0. The van der Waals surface area contributed by atoms with Crippen LogP contribution in [0.25, 0.3) is 0 Å². The number of carbonyl (C=O) groups is 1. The molecule has 0 saturated heterocycles. The number of hydrogen-bond donors (Lipinski definition) is 0. The smallest absolute Gasteiger partial charge is 0.205 e. The predicted octanol–water partition coefficient (Wildman–Crippen LogP) is 1.68. The number of ketones is 1. The second kappa shape index (κ2) is 5.53. The highest BCUT2D eigenvalue weighted by Gasteiger charge is 2.13. The summed E-state index contributed by atoms with van der Waals surface area (Å²) in [5.74, 6) is 0.187. The molecule has 5 heteroatoms. The first-order valence-electron chi connectivity index (χ1n) is 6.10. The van der Waals surface area contributed by atoms with Gasteiger partial charge < -0.3 is 0 Å². The van der Waals surface area contributed by atoms with Crippen LogP contribution in [0.3, 0.4) is 0 Å². The number of carbonyl (C=O) groups excluding carboxylic acids is 1. The van der Waals surface area contributed by atoms with Gasteiger partial charge in [0.2, 0.25) is 5.78 Å². The molecule has 0 radical (unpaired) electrons. The van der Waals surface area contributed by atoms with Crippen molar-refractivity contribution in [2.45, 2.75) is 33.2 Å². The van der Waals surface area contributed by atoms with E-state index in [1.165, 1.54) is 0 Å². The van der Waals surface area contributed by atoms with Crippen LogP contribution in [-0.2, 0) is 19.4 Å². The predicted molar refractivity (Wildman–Crippen MR) is 67.3 cm³/mol. The molecule has 0 bridgehead atoms. The van der Waals surface area contributed by atoms with E-state index in [0.717, 1.165) is 24.4 Å². The van der Waals surface area contributed by atoms with Crippen LogP contribution in [-0.4, -0.2) is 25.5 Å². The summed E-state index contributed by atoms with van der Waals surface area (Å²) in [5.41, 5.74) is 1.93. The molecule has 2 heterocycles. The summed E-state index contributed by atoms with van der Waals surface area (Å²) in [6.07, 6.45) is 4.32. The second-order valence-electron chi connectivity index (χ2n) is 3.97. The maximum atomic E-state index is 12.0. The van der Waals surface area contributed by atoms with Gasteiger partial charge in [-0.15, -0.1) is 0 Å². The van der Waals surface area contributed by atoms with Crippen molar-refractivity contribution < 1.29 is 4.79 Å². The van der Waals surface area contributed by atoms with Crippen molar-refractivity contribution in [3.63, 3.8) is 0 Å². The van der Waals surface area contributed by atoms with Crippen molar-refractivity contribution >= 4 is 5.78 Å². The lowest BCUT2D eigenvalue weighted by Gasteiger charge is -2.02. The number of aromatic nitrogens is 4. The van der Waals surface area contributed by atoms with Gasteiger partial charge in [0.05, 0.1) is 12.1 Å². The van der Waals surface area contributed by atoms with Gasteiger partial charge in [0.1, 0.15) is 0 Å². The lowest BCUT2D eigenvalue weighted by molar-refractivity contribution is 0.0980. The fourth-order valence-electron chi connectivity index (χ4n) is 1.79.